The predicted molar refractivity (Wildman–Crippen MR) is 113 cm³/mol. The van der Waals surface area contributed by atoms with Crippen LogP contribution < -0.4 is 10.3 Å². The van der Waals surface area contributed by atoms with Gasteiger partial charge in [-0.05, 0) is 48.4 Å². The monoisotopic (exact) mass is 394 g/mol. The quantitative estimate of drug-likeness (QED) is 0.744. The number of benzene rings is 1. The normalized spacial score (nSPS) is 19.2. The lowest BCUT2D eigenvalue weighted by Gasteiger charge is -2.34. The third-order valence-corrected chi connectivity index (χ3v) is 6.59. The van der Waals surface area contributed by atoms with Crippen LogP contribution in [0.4, 0.5) is 0 Å². The summed E-state index contributed by atoms with van der Waals surface area (Å²) in [5.74, 6) is 1.07. The van der Waals surface area contributed by atoms with E-state index in [4.69, 9.17) is 4.74 Å². The Bertz CT molecular complexity index is 931. The summed E-state index contributed by atoms with van der Waals surface area (Å²) in [5.41, 5.74) is 5.13. The van der Waals surface area contributed by atoms with Crippen LogP contribution in [0, 0.1) is 0 Å². The number of hydrogen-bond donors (Lipinski definition) is 0. The first-order valence-corrected chi connectivity index (χ1v) is 11.0. The number of aromatic nitrogens is 2. The third kappa shape index (κ3) is 4.23. The van der Waals surface area contributed by atoms with Gasteiger partial charge in [-0.1, -0.05) is 12.1 Å². The van der Waals surface area contributed by atoms with Gasteiger partial charge in [-0.3, -0.25) is 9.69 Å². The summed E-state index contributed by atoms with van der Waals surface area (Å²) in [7, 11) is 0. The maximum Gasteiger partial charge on any atom is 0.267 e. The first-order chi connectivity index (χ1) is 14.2. The summed E-state index contributed by atoms with van der Waals surface area (Å²) in [6.45, 7) is 7.87. The van der Waals surface area contributed by atoms with Gasteiger partial charge in [-0.25, -0.2) is 4.68 Å². The Balaban J connectivity index is 1.08. The molecule has 6 heteroatoms. The number of rotatable bonds is 6. The molecule has 0 amide bonds. The van der Waals surface area contributed by atoms with E-state index in [1.807, 2.05) is 0 Å². The second kappa shape index (κ2) is 8.28. The van der Waals surface area contributed by atoms with E-state index in [2.05, 4.69) is 33.1 Å². The number of fused-ring (bicyclic) bond motifs is 2. The van der Waals surface area contributed by atoms with Crippen molar-refractivity contribution in [2.24, 2.45) is 0 Å². The molecule has 1 fully saturated rings. The zero-order valence-corrected chi connectivity index (χ0v) is 17.1. The second-order valence-corrected chi connectivity index (χ2v) is 8.51. The molecule has 29 heavy (non-hydrogen) atoms. The summed E-state index contributed by atoms with van der Waals surface area (Å²) in [4.78, 5) is 17.3. The molecule has 1 aromatic heterocycles. The van der Waals surface area contributed by atoms with Crippen LogP contribution in [-0.2, 0) is 32.2 Å². The van der Waals surface area contributed by atoms with E-state index in [-0.39, 0.29) is 5.56 Å². The molecule has 3 heterocycles. The highest BCUT2D eigenvalue weighted by Gasteiger charge is 2.19. The smallest absolute Gasteiger partial charge is 0.267 e. The van der Waals surface area contributed by atoms with Crippen LogP contribution in [0.1, 0.15) is 28.8 Å². The SMILES string of the molecule is O=c1cc2c(nn1CCN1CCN(CCc3ccc4c(c3)CCO4)CC1)CCC2. The fourth-order valence-corrected chi connectivity index (χ4v) is 4.75. The maximum absolute atomic E-state index is 12.3. The van der Waals surface area contributed by atoms with Crippen LogP contribution in [0.2, 0.25) is 0 Å². The van der Waals surface area contributed by atoms with Gasteiger partial charge in [0.2, 0.25) is 0 Å². The highest BCUT2D eigenvalue weighted by atomic mass is 16.5. The van der Waals surface area contributed by atoms with Gasteiger partial charge in [-0.2, -0.15) is 5.10 Å². The zero-order chi connectivity index (χ0) is 19.6. The lowest BCUT2D eigenvalue weighted by molar-refractivity contribution is 0.128. The van der Waals surface area contributed by atoms with Gasteiger partial charge in [0.25, 0.3) is 5.56 Å². The van der Waals surface area contributed by atoms with E-state index < -0.39 is 0 Å². The molecule has 154 valence electrons. The fourth-order valence-electron chi connectivity index (χ4n) is 4.75. The molecule has 6 nitrogen and oxygen atoms in total. The largest absolute Gasteiger partial charge is 0.493 e. The van der Waals surface area contributed by atoms with Gasteiger partial charge in [0, 0.05) is 51.8 Å². The molecule has 5 rings (SSSR count). The third-order valence-electron chi connectivity index (χ3n) is 6.59. The molecule has 2 aromatic rings. The average Bonchev–Trinajstić information content (AvgIpc) is 3.39. The lowest BCUT2D eigenvalue weighted by atomic mass is 10.1. The average molecular weight is 395 g/mol. The molecule has 1 aromatic carbocycles. The minimum Gasteiger partial charge on any atom is -0.493 e. The Morgan fingerprint density at radius 2 is 1.72 bits per heavy atom. The van der Waals surface area contributed by atoms with E-state index in [0.29, 0.717) is 6.54 Å². The molecule has 0 atom stereocenters. The van der Waals surface area contributed by atoms with Crippen molar-refractivity contribution < 1.29 is 4.74 Å². The van der Waals surface area contributed by atoms with Crippen LogP contribution in [0.3, 0.4) is 0 Å². The Morgan fingerprint density at radius 1 is 0.897 bits per heavy atom. The molecule has 0 bridgehead atoms. The molecular formula is C23H30N4O2. The van der Waals surface area contributed by atoms with Crippen molar-refractivity contribution in [2.75, 3.05) is 45.9 Å². The summed E-state index contributed by atoms with van der Waals surface area (Å²) in [6.07, 6.45) is 5.31. The van der Waals surface area contributed by atoms with E-state index in [0.717, 1.165) is 95.0 Å². The number of ether oxygens (including phenoxy) is 1. The summed E-state index contributed by atoms with van der Waals surface area (Å²) >= 11 is 0. The lowest BCUT2D eigenvalue weighted by Crippen LogP contribution is -2.48. The number of aryl methyl sites for hydroxylation is 2. The first kappa shape index (κ1) is 18.8. The fraction of sp³-hybridized carbons (Fsp3) is 0.565. The Hall–Kier alpha value is -2.18. The van der Waals surface area contributed by atoms with E-state index >= 15 is 0 Å². The minimum atomic E-state index is 0.0593. The van der Waals surface area contributed by atoms with Crippen LogP contribution >= 0.6 is 0 Å². The molecular weight excluding hydrogens is 364 g/mol. The molecule has 2 aliphatic heterocycles. The molecule has 3 aliphatic rings. The van der Waals surface area contributed by atoms with Crippen molar-refractivity contribution in [1.29, 1.82) is 0 Å². The summed E-state index contributed by atoms with van der Waals surface area (Å²) < 4.78 is 7.28. The maximum atomic E-state index is 12.3. The predicted octanol–water partition coefficient (Wildman–Crippen LogP) is 1.53. The number of hydrogen-bond acceptors (Lipinski definition) is 5. The van der Waals surface area contributed by atoms with Gasteiger partial charge in [-0.15, -0.1) is 0 Å². The van der Waals surface area contributed by atoms with Crippen molar-refractivity contribution >= 4 is 0 Å². The summed E-state index contributed by atoms with van der Waals surface area (Å²) in [6, 6.07) is 8.46. The standard InChI is InChI=1S/C23H30N4O2/c28-23-17-19-2-1-3-21(19)24-27(23)14-13-26-11-9-25(10-12-26)8-6-18-4-5-22-20(16-18)7-15-29-22/h4-5,16-17H,1-3,6-15H2. The van der Waals surface area contributed by atoms with Gasteiger partial charge < -0.3 is 9.64 Å². The second-order valence-electron chi connectivity index (χ2n) is 8.51. The van der Waals surface area contributed by atoms with Gasteiger partial charge >= 0.3 is 0 Å². The number of piperazine rings is 1. The van der Waals surface area contributed by atoms with Crippen molar-refractivity contribution in [3.05, 3.63) is 57.0 Å². The molecule has 0 spiro atoms. The van der Waals surface area contributed by atoms with Crippen LogP contribution in [0.25, 0.3) is 0 Å². The molecule has 0 radical (unpaired) electrons. The molecule has 0 saturated carbocycles. The first-order valence-electron chi connectivity index (χ1n) is 11.0. The van der Waals surface area contributed by atoms with E-state index in [1.165, 1.54) is 11.1 Å². The van der Waals surface area contributed by atoms with Crippen LogP contribution in [0.15, 0.2) is 29.1 Å². The Labute approximate surface area is 172 Å². The summed E-state index contributed by atoms with van der Waals surface area (Å²) in [5, 5.41) is 4.60. The topological polar surface area (TPSA) is 50.6 Å². The van der Waals surface area contributed by atoms with Gasteiger partial charge in [0.15, 0.2) is 0 Å². The van der Waals surface area contributed by atoms with Crippen molar-refractivity contribution in [1.82, 2.24) is 19.6 Å². The highest BCUT2D eigenvalue weighted by molar-refractivity contribution is 5.39. The van der Waals surface area contributed by atoms with E-state index in [1.54, 1.807) is 10.7 Å². The van der Waals surface area contributed by atoms with Gasteiger partial charge in [0.1, 0.15) is 5.75 Å². The van der Waals surface area contributed by atoms with E-state index in [9.17, 15) is 4.79 Å². The molecule has 0 N–H and O–H groups in total. The Kier molecular flexibility index (Phi) is 5.38. The molecule has 1 saturated heterocycles. The Morgan fingerprint density at radius 3 is 2.59 bits per heavy atom. The minimum absolute atomic E-state index is 0.0593. The van der Waals surface area contributed by atoms with Crippen molar-refractivity contribution in [3.8, 4) is 5.75 Å². The van der Waals surface area contributed by atoms with Gasteiger partial charge in [0.05, 0.1) is 18.8 Å². The van der Waals surface area contributed by atoms with Crippen LogP contribution in [-0.4, -0.2) is 65.5 Å². The van der Waals surface area contributed by atoms with Crippen molar-refractivity contribution in [2.45, 2.75) is 38.6 Å². The highest BCUT2D eigenvalue weighted by Crippen LogP contribution is 2.26. The molecule has 1 aliphatic carbocycles. The van der Waals surface area contributed by atoms with Crippen LogP contribution in [0.5, 0.6) is 5.75 Å². The molecule has 0 unspecified atom stereocenters. The zero-order valence-electron chi connectivity index (χ0n) is 17.1. The number of nitrogens with zero attached hydrogens (tertiary/aromatic N) is 4. The van der Waals surface area contributed by atoms with Crippen molar-refractivity contribution in [3.63, 3.8) is 0 Å².